The molecule has 0 bridgehead atoms. The van der Waals surface area contributed by atoms with Crippen LogP contribution in [0.5, 0.6) is 0 Å². The van der Waals surface area contributed by atoms with Gasteiger partial charge < -0.3 is 4.74 Å². The van der Waals surface area contributed by atoms with Gasteiger partial charge in [0.15, 0.2) is 0 Å². The lowest BCUT2D eigenvalue weighted by molar-refractivity contribution is -0.151. The van der Waals surface area contributed by atoms with Crippen LogP contribution in [0.2, 0.25) is 0 Å². The fourth-order valence-electron chi connectivity index (χ4n) is 1.48. The van der Waals surface area contributed by atoms with E-state index in [0.29, 0.717) is 6.61 Å². The zero-order chi connectivity index (χ0) is 11.9. The summed E-state index contributed by atoms with van der Waals surface area (Å²) >= 11 is 0. The zero-order valence-corrected chi connectivity index (χ0v) is 10.9. The van der Waals surface area contributed by atoms with Crippen molar-refractivity contribution in [2.45, 2.75) is 60.3 Å². The molecule has 0 unspecified atom stereocenters. The molecular formula is C13H26O2. The zero-order valence-electron chi connectivity index (χ0n) is 10.9. The highest BCUT2D eigenvalue weighted by Crippen LogP contribution is 2.18. The van der Waals surface area contributed by atoms with Crippen LogP contribution in [0.15, 0.2) is 0 Å². The number of esters is 1. The lowest BCUT2D eigenvalue weighted by Gasteiger charge is -2.20. The Morgan fingerprint density at radius 2 is 1.60 bits per heavy atom. The van der Waals surface area contributed by atoms with Gasteiger partial charge in [0.05, 0.1) is 12.5 Å². The van der Waals surface area contributed by atoms with Gasteiger partial charge in [0.1, 0.15) is 0 Å². The summed E-state index contributed by atoms with van der Waals surface area (Å²) in [5.41, 5.74) is 0.0681. The quantitative estimate of drug-likeness (QED) is 0.629. The molecule has 2 nitrogen and oxygen atoms in total. The van der Waals surface area contributed by atoms with Crippen LogP contribution in [0.4, 0.5) is 0 Å². The van der Waals surface area contributed by atoms with E-state index in [1.54, 1.807) is 0 Å². The molecule has 0 aromatic heterocycles. The molecule has 0 saturated heterocycles. The average molecular weight is 214 g/mol. The Balaban J connectivity index is 4.02. The molecule has 0 N–H and O–H groups in total. The van der Waals surface area contributed by atoms with Crippen molar-refractivity contribution in [2.75, 3.05) is 6.61 Å². The van der Waals surface area contributed by atoms with Gasteiger partial charge in [-0.3, -0.25) is 4.79 Å². The Labute approximate surface area is 94.4 Å². The second-order valence-corrected chi connectivity index (χ2v) is 5.44. The topological polar surface area (TPSA) is 26.3 Å². The van der Waals surface area contributed by atoms with Gasteiger partial charge in [0, 0.05) is 0 Å². The Bertz CT molecular complexity index is 173. The van der Waals surface area contributed by atoms with E-state index in [4.69, 9.17) is 4.74 Å². The molecule has 90 valence electrons. The van der Waals surface area contributed by atoms with Gasteiger partial charge in [-0.2, -0.15) is 0 Å². The Hall–Kier alpha value is -0.530. The first kappa shape index (κ1) is 14.5. The molecule has 0 aliphatic carbocycles. The number of ether oxygens (including phenoxy) is 1. The van der Waals surface area contributed by atoms with Crippen molar-refractivity contribution in [1.82, 2.24) is 0 Å². The SMILES string of the molecule is CCCC(CCC)C(=O)OCC(C)(C)C. The molecule has 0 radical (unpaired) electrons. The fourth-order valence-corrected chi connectivity index (χ4v) is 1.48. The smallest absolute Gasteiger partial charge is 0.308 e. The molecule has 0 spiro atoms. The maximum atomic E-state index is 11.7. The van der Waals surface area contributed by atoms with Crippen LogP contribution in [0.1, 0.15) is 60.3 Å². The second kappa shape index (κ2) is 6.86. The minimum absolute atomic E-state index is 0.00590. The molecule has 0 aliphatic rings. The van der Waals surface area contributed by atoms with Crippen molar-refractivity contribution in [2.24, 2.45) is 11.3 Å². The van der Waals surface area contributed by atoms with E-state index in [9.17, 15) is 4.79 Å². The number of carbonyl (C=O) groups excluding carboxylic acids is 1. The van der Waals surface area contributed by atoms with Crippen molar-refractivity contribution < 1.29 is 9.53 Å². The van der Waals surface area contributed by atoms with Crippen LogP contribution < -0.4 is 0 Å². The summed E-state index contributed by atoms with van der Waals surface area (Å²) < 4.78 is 5.33. The van der Waals surface area contributed by atoms with E-state index < -0.39 is 0 Å². The molecule has 0 fully saturated rings. The van der Waals surface area contributed by atoms with Gasteiger partial charge in [0.25, 0.3) is 0 Å². The van der Waals surface area contributed by atoms with Gasteiger partial charge in [-0.05, 0) is 18.3 Å². The van der Waals surface area contributed by atoms with E-state index in [2.05, 4.69) is 34.6 Å². The average Bonchev–Trinajstić information content (AvgIpc) is 2.13. The molecule has 0 atom stereocenters. The molecule has 0 heterocycles. The molecule has 0 amide bonds. The molecule has 15 heavy (non-hydrogen) atoms. The highest BCUT2D eigenvalue weighted by atomic mass is 16.5. The van der Waals surface area contributed by atoms with E-state index in [0.717, 1.165) is 25.7 Å². The van der Waals surface area contributed by atoms with Gasteiger partial charge in [-0.1, -0.05) is 47.5 Å². The van der Waals surface area contributed by atoms with Crippen LogP contribution in [-0.4, -0.2) is 12.6 Å². The molecule has 0 aliphatic heterocycles. The molecule has 0 aromatic rings. The summed E-state index contributed by atoms with van der Waals surface area (Å²) in [6.45, 7) is 11.0. The third-order valence-corrected chi connectivity index (χ3v) is 2.26. The number of carbonyl (C=O) groups is 1. The van der Waals surface area contributed by atoms with E-state index in [1.165, 1.54) is 0 Å². The predicted octanol–water partition coefficient (Wildman–Crippen LogP) is 3.79. The van der Waals surface area contributed by atoms with Gasteiger partial charge in [-0.25, -0.2) is 0 Å². The molecule has 0 saturated carbocycles. The summed E-state index contributed by atoms with van der Waals surface area (Å²) in [4.78, 5) is 11.7. The second-order valence-electron chi connectivity index (χ2n) is 5.44. The van der Waals surface area contributed by atoms with E-state index in [-0.39, 0.29) is 17.3 Å². The van der Waals surface area contributed by atoms with Crippen molar-refractivity contribution in [3.63, 3.8) is 0 Å². The molecule has 2 heteroatoms. The summed E-state index contributed by atoms with van der Waals surface area (Å²) in [6.07, 6.45) is 4.01. The van der Waals surface area contributed by atoms with Crippen LogP contribution in [-0.2, 0) is 9.53 Å². The number of hydrogen-bond acceptors (Lipinski definition) is 2. The van der Waals surface area contributed by atoms with Crippen LogP contribution in [0.25, 0.3) is 0 Å². The van der Waals surface area contributed by atoms with Gasteiger partial charge >= 0.3 is 5.97 Å². The molecule has 0 rings (SSSR count). The van der Waals surface area contributed by atoms with Crippen molar-refractivity contribution >= 4 is 5.97 Å². The minimum Gasteiger partial charge on any atom is -0.465 e. The van der Waals surface area contributed by atoms with Gasteiger partial charge in [-0.15, -0.1) is 0 Å². The maximum Gasteiger partial charge on any atom is 0.308 e. The lowest BCUT2D eigenvalue weighted by atomic mass is 9.97. The summed E-state index contributed by atoms with van der Waals surface area (Å²) in [6, 6.07) is 0. The highest BCUT2D eigenvalue weighted by molar-refractivity contribution is 5.72. The standard InChI is InChI=1S/C13H26O2/c1-6-8-11(9-7-2)12(14)15-10-13(3,4)5/h11H,6-10H2,1-5H3. The third-order valence-electron chi connectivity index (χ3n) is 2.26. The van der Waals surface area contributed by atoms with Gasteiger partial charge in [0.2, 0.25) is 0 Å². The van der Waals surface area contributed by atoms with E-state index >= 15 is 0 Å². The summed E-state index contributed by atoms with van der Waals surface area (Å²) in [5, 5.41) is 0. The third kappa shape index (κ3) is 7.40. The van der Waals surface area contributed by atoms with Crippen LogP contribution >= 0.6 is 0 Å². The van der Waals surface area contributed by atoms with Crippen molar-refractivity contribution in [3.05, 3.63) is 0 Å². The Morgan fingerprint density at radius 1 is 1.13 bits per heavy atom. The van der Waals surface area contributed by atoms with Crippen molar-refractivity contribution in [3.8, 4) is 0 Å². The molecule has 0 aromatic carbocycles. The largest absolute Gasteiger partial charge is 0.465 e. The monoisotopic (exact) mass is 214 g/mol. The normalized spacial score (nSPS) is 11.9. The summed E-state index contributed by atoms with van der Waals surface area (Å²) in [5.74, 6) is 0.107. The maximum absolute atomic E-state index is 11.7. The highest BCUT2D eigenvalue weighted by Gasteiger charge is 2.20. The first-order valence-corrected chi connectivity index (χ1v) is 6.07. The first-order chi connectivity index (χ1) is 6.90. The summed E-state index contributed by atoms with van der Waals surface area (Å²) in [7, 11) is 0. The van der Waals surface area contributed by atoms with Crippen LogP contribution in [0.3, 0.4) is 0 Å². The first-order valence-electron chi connectivity index (χ1n) is 6.07. The van der Waals surface area contributed by atoms with Crippen molar-refractivity contribution in [1.29, 1.82) is 0 Å². The number of rotatable bonds is 6. The Kier molecular flexibility index (Phi) is 6.62. The van der Waals surface area contributed by atoms with Crippen LogP contribution in [0, 0.1) is 11.3 Å². The van der Waals surface area contributed by atoms with E-state index in [1.807, 2.05) is 0 Å². The predicted molar refractivity (Wildman–Crippen MR) is 63.7 cm³/mol. The molecular weight excluding hydrogens is 188 g/mol. The number of hydrogen-bond donors (Lipinski definition) is 0. The minimum atomic E-state index is -0.00590. The fraction of sp³-hybridized carbons (Fsp3) is 0.923. The Morgan fingerprint density at radius 3 is 1.93 bits per heavy atom. The lowest BCUT2D eigenvalue weighted by Crippen LogP contribution is -2.23.